The van der Waals surface area contributed by atoms with Crippen LogP contribution in [-0.4, -0.2) is 34.6 Å². The number of carbonyl (C=O) groups excluding carboxylic acids is 1. The average Bonchev–Trinajstić information content (AvgIpc) is 3.42. The first-order chi connectivity index (χ1) is 15.2. The van der Waals surface area contributed by atoms with Crippen LogP contribution in [0.15, 0.2) is 48.5 Å². The van der Waals surface area contributed by atoms with Gasteiger partial charge >= 0.3 is 0 Å². The van der Waals surface area contributed by atoms with Gasteiger partial charge in [-0.25, -0.2) is 4.98 Å². The fraction of sp³-hybridized carbons (Fsp3) is 0.462. The molecule has 2 fully saturated rings. The van der Waals surface area contributed by atoms with Crippen LogP contribution in [0.1, 0.15) is 49.7 Å². The molecule has 1 aliphatic carbocycles. The highest BCUT2D eigenvalue weighted by molar-refractivity contribution is 5.80. The number of nitrogens with zero attached hydrogens (tertiary/aromatic N) is 3. The standard InChI is InChI=1S/C26H32N4O/c1-19-7-6-8-20(17-19)18-30-24-12-5-4-11-23(24)28-26(30)29-15-13-21(14-16-29)25(31)27-22-9-2-3-10-22/h4-8,11-12,17,21-22H,2-3,9-10,13-16,18H2,1H3,(H,27,31). The Labute approximate surface area is 184 Å². The molecule has 2 aliphatic rings. The monoisotopic (exact) mass is 416 g/mol. The Bertz CT molecular complexity index is 1060. The summed E-state index contributed by atoms with van der Waals surface area (Å²) in [6.45, 7) is 4.69. The molecule has 0 unspecified atom stereocenters. The summed E-state index contributed by atoms with van der Waals surface area (Å²) >= 11 is 0. The van der Waals surface area contributed by atoms with E-state index in [2.05, 4.69) is 70.2 Å². The Morgan fingerprint density at radius 2 is 1.81 bits per heavy atom. The van der Waals surface area contributed by atoms with Gasteiger partial charge in [-0.3, -0.25) is 4.79 Å². The summed E-state index contributed by atoms with van der Waals surface area (Å²) in [5.41, 5.74) is 4.76. The second kappa shape index (κ2) is 8.74. The molecule has 1 saturated carbocycles. The van der Waals surface area contributed by atoms with Gasteiger partial charge in [0.05, 0.1) is 17.6 Å². The van der Waals surface area contributed by atoms with E-state index in [1.165, 1.54) is 29.5 Å². The molecule has 2 aromatic carbocycles. The number of hydrogen-bond acceptors (Lipinski definition) is 3. The summed E-state index contributed by atoms with van der Waals surface area (Å²) in [5.74, 6) is 1.42. The molecule has 31 heavy (non-hydrogen) atoms. The zero-order valence-corrected chi connectivity index (χ0v) is 18.4. The lowest BCUT2D eigenvalue weighted by molar-refractivity contribution is -0.126. The lowest BCUT2D eigenvalue weighted by Crippen LogP contribution is -2.43. The number of fused-ring (bicyclic) bond motifs is 1. The maximum atomic E-state index is 12.7. The predicted molar refractivity (Wildman–Crippen MR) is 125 cm³/mol. The predicted octanol–water partition coefficient (Wildman–Crippen LogP) is 4.67. The van der Waals surface area contributed by atoms with Gasteiger partial charge in [0.1, 0.15) is 0 Å². The molecule has 2 heterocycles. The lowest BCUT2D eigenvalue weighted by Gasteiger charge is -2.33. The quantitative estimate of drug-likeness (QED) is 0.658. The molecule has 0 bridgehead atoms. The van der Waals surface area contributed by atoms with Crippen molar-refractivity contribution in [2.75, 3.05) is 18.0 Å². The SMILES string of the molecule is Cc1cccc(Cn2c(N3CCC(C(=O)NC4CCCC4)CC3)nc3ccccc32)c1. The number of para-hydroxylation sites is 2. The average molecular weight is 417 g/mol. The van der Waals surface area contributed by atoms with Crippen molar-refractivity contribution in [2.24, 2.45) is 5.92 Å². The first kappa shape index (κ1) is 20.1. The number of hydrogen-bond donors (Lipinski definition) is 1. The van der Waals surface area contributed by atoms with E-state index in [0.717, 1.165) is 56.8 Å². The number of anilines is 1. The number of imidazole rings is 1. The molecule has 1 aliphatic heterocycles. The molecular formula is C26H32N4O. The zero-order valence-electron chi connectivity index (χ0n) is 18.4. The summed E-state index contributed by atoms with van der Waals surface area (Å²) in [5, 5.41) is 3.30. The molecule has 162 valence electrons. The van der Waals surface area contributed by atoms with Gasteiger partial charge in [-0.2, -0.15) is 0 Å². The summed E-state index contributed by atoms with van der Waals surface area (Å²) in [4.78, 5) is 20.1. The van der Waals surface area contributed by atoms with Gasteiger partial charge in [0.2, 0.25) is 11.9 Å². The fourth-order valence-corrected chi connectivity index (χ4v) is 5.18. The second-order valence-corrected chi connectivity index (χ2v) is 9.23. The van der Waals surface area contributed by atoms with Crippen molar-refractivity contribution >= 4 is 22.9 Å². The number of nitrogens with one attached hydrogen (secondary N) is 1. The fourth-order valence-electron chi connectivity index (χ4n) is 5.18. The summed E-state index contributed by atoms with van der Waals surface area (Å²) in [7, 11) is 0. The minimum atomic E-state index is 0.131. The third-order valence-electron chi connectivity index (χ3n) is 6.91. The number of rotatable bonds is 5. The zero-order chi connectivity index (χ0) is 21.2. The Balaban J connectivity index is 1.33. The Morgan fingerprint density at radius 3 is 2.58 bits per heavy atom. The number of benzene rings is 2. The highest BCUT2D eigenvalue weighted by Gasteiger charge is 2.29. The third kappa shape index (κ3) is 4.32. The Kier molecular flexibility index (Phi) is 5.66. The van der Waals surface area contributed by atoms with Crippen LogP contribution in [-0.2, 0) is 11.3 Å². The topological polar surface area (TPSA) is 50.2 Å². The van der Waals surface area contributed by atoms with Crippen LogP contribution >= 0.6 is 0 Å². The van der Waals surface area contributed by atoms with E-state index in [1.54, 1.807) is 0 Å². The molecule has 5 nitrogen and oxygen atoms in total. The maximum absolute atomic E-state index is 12.7. The van der Waals surface area contributed by atoms with Gasteiger partial charge in [0.25, 0.3) is 0 Å². The Morgan fingerprint density at radius 1 is 1.03 bits per heavy atom. The number of amides is 1. The molecule has 1 amide bonds. The van der Waals surface area contributed by atoms with Crippen molar-refractivity contribution in [1.82, 2.24) is 14.9 Å². The normalized spacial score (nSPS) is 18.0. The van der Waals surface area contributed by atoms with Gasteiger partial charge < -0.3 is 14.8 Å². The minimum absolute atomic E-state index is 0.131. The van der Waals surface area contributed by atoms with Crippen molar-refractivity contribution in [1.29, 1.82) is 0 Å². The highest BCUT2D eigenvalue weighted by Crippen LogP contribution is 2.28. The van der Waals surface area contributed by atoms with E-state index in [-0.39, 0.29) is 11.8 Å². The molecule has 1 saturated heterocycles. The van der Waals surface area contributed by atoms with Gasteiger partial charge in [0, 0.05) is 25.0 Å². The van der Waals surface area contributed by atoms with Crippen LogP contribution in [0.4, 0.5) is 5.95 Å². The minimum Gasteiger partial charge on any atom is -0.353 e. The van der Waals surface area contributed by atoms with Gasteiger partial charge in [-0.15, -0.1) is 0 Å². The maximum Gasteiger partial charge on any atom is 0.223 e. The Hall–Kier alpha value is -2.82. The molecule has 0 spiro atoms. The summed E-state index contributed by atoms with van der Waals surface area (Å²) < 4.78 is 2.34. The van der Waals surface area contributed by atoms with Crippen molar-refractivity contribution in [3.8, 4) is 0 Å². The van der Waals surface area contributed by atoms with E-state index in [9.17, 15) is 4.79 Å². The van der Waals surface area contributed by atoms with Gasteiger partial charge in [0.15, 0.2) is 0 Å². The first-order valence-electron chi connectivity index (χ1n) is 11.7. The van der Waals surface area contributed by atoms with Crippen LogP contribution < -0.4 is 10.2 Å². The van der Waals surface area contributed by atoms with Crippen LogP contribution in [0.2, 0.25) is 0 Å². The van der Waals surface area contributed by atoms with Crippen LogP contribution in [0.3, 0.4) is 0 Å². The first-order valence-corrected chi connectivity index (χ1v) is 11.7. The van der Waals surface area contributed by atoms with Crippen LogP contribution in [0.5, 0.6) is 0 Å². The van der Waals surface area contributed by atoms with Crippen molar-refractivity contribution in [3.05, 3.63) is 59.7 Å². The second-order valence-electron chi connectivity index (χ2n) is 9.23. The largest absolute Gasteiger partial charge is 0.353 e. The van der Waals surface area contributed by atoms with Crippen molar-refractivity contribution in [3.63, 3.8) is 0 Å². The van der Waals surface area contributed by atoms with Crippen LogP contribution in [0, 0.1) is 12.8 Å². The number of aromatic nitrogens is 2. The number of aryl methyl sites for hydroxylation is 1. The smallest absolute Gasteiger partial charge is 0.223 e. The van der Waals surface area contributed by atoms with Gasteiger partial charge in [-0.1, -0.05) is 54.8 Å². The molecule has 1 aromatic heterocycles. The molecule has 1 N–H and O–H groups in total. The van der Waals surface area contributed by atoms with E-state index < -0.39 is 0 Å². The lowest BCUT2D eigenvalue weighted by atomic mass is 9.95. The van der Waals surface area contributed by atoms with Gasteiger partial charge in [-0.05, 0) is 50.3 Å². The van der Waals surface area contributed by atoms with E-state index >= 15 is 0 Å². The summed E-state index contributed by atoms with van der Waals surface area (Å²) in [6, 6.07) is 17.5. The number of carbonyl (C=O) groups is 1. The molecule has 0 atom stereocenters. The van der Waals surface area contributed by atoms with Crippen molar-refractivity contribution < 1.29 is 4.79 Å². The van der Waals surface area contributed by atoms with E-state index in [1.807, 2.05) is 0 Å². The van der Waals surface area contributed by atoms with E-state index in [4.69, 9.17) is 4.98 Å². The molecular weight excluding hydrogens is 384 g/mol. The molecule has 5 heteroatoms. The highest BCUT2D eigenvalue weighted by atomic mass is 16.1. The molecule has 3 aromatic rings. The molecule has 0 radical (unpaired) electrons. The van der Waals surface area contributed by atoms with Crippen LogP contribution in [0.25, 0.3) is 11.0 Å². The number of piperidine rings is 1. The summed E-state index contributed by atoms with van der Waals surface area (Å²) in [6.07, 6.45) is 6.58. The molecule has 5 rings (SSSR count). The van der Waals surface area contributed by atoms with Crippen molar-refractivity contribution in [2.45, 2.75) is 58.0 Å². The van der Waals surface area contributed by atoms with E-state index in [0.29, 0.717) is 6.04 Å². The third-order valence-corrected chi connectivity index (χ3v) is 6.91.